The van der Waals surface area contributed by atoms with Crippen LogP contribution < -0.4 is 52.6 Å². The number of carbonyl (C=O) groups is 10. The maximum Gasteiger partial charge on any atom is 0.305 e. The molecule has 514 valence electrons. The Morgan fingerprint density at radius 2 is 1.24 bits per heavy atom. The van der Waals surface area contributed by atoms with Crippen molar-refractivity contribution in [3.05, 3.63) is 124 Å². The molecule has 4 rings (SSSR count). The largest absolute Gasteiger partial charge is 0.493 e. The second kappa shape index (κ2) is 36.8. The van der Waals surface area contributed by atoms with Crippen LogP contribution in [0.25, 0.3) is 11.1 Å². The Bertz CT molecular complexity index is 3260. The van der Waals surface area contributed by atoms with Crippen molar-refractivity contribution in [3.8, 4) is 16.9 Å². The Kier molecular flexibility index (Phi) is 30.5. The molecule has 24 nitrogen and oxygen atoms in total. The number of ether oxygens (including phenoxy) is 1. The van der Waals surface area contributed by atoms with Gasteiger partial charge in [0, 0.05) is 12.8 Å². The van der Waals surface area contributed by atoms with Crippen molar-refractivity contribution in [3.63, 3.8) is 0 Å². The van der Waals surface area contributed by atoms with Gasteiger partial charge in [0.15, 0.2) is 5.78 Å². The summed E-state index contributed by atoms with van der Waals surface area (Å²) in [5.41, 5.74) is 4.22. The van der Waals surface area contributed by atoms with Crippen LogP contribution in [0.3, 0.4) is 0 Å². The van der Waals surface area contributed by atoms with E-state index in [1.54, 1.807) is 19.1 Å². The van der Waals surface area contributed by atoms with Gasteiger partial charge in [-0.2, -0.15) is 0 Å². The number of likely N-dealkylation sites (N-methyl/N-ethyl adjacent to an activating group) is 1. The highest BCUT2D eigenvalue weighted by Crippen LogP contribution is 2.30. The van der Waals surface area contributed by atoms with E-state index in [4.69, 9.17) is 4.74 Å². The molecule has 0 radical (unpaired) electrons. The lowest BCUT2D eigenvalue weighted by Gasteiger charge is -2.34. The molecule has 4 aromatic rings. The van der Waals surface area contributed by atoms with Crippen LogP contribution in [-0.4, -0.2) is 173 Å². The number of rotatable bonds is 38. The maximum atomic E-state index is 15.3. The van der Waals surface area contributed by atoms with Gasteiger partial charge in [-0.1, -0.05) is 112 Å². The number of amides is 7. The van der Waals surface area contributed by atoms with Crippen molar-refractivity contribution in [1.29, 1.82) is 0 Å². The lowest BCUT2D eigenvalue weighted by molar-refractivity contribution is -0.142. The molecule has 0 saturated carbocycles. The molecule has 0 spiro atoms. The van der Waals surface area contributed by atoms with Crippen molar-refractivity contribution in [2.45, 2.75) is 188 Å². The zero-order valence-electron chi connectivity index (χ0n) is 55.9. The fraction of sp³-hybridized carbons (Fsp3) is 0.507. The van der Waals surface area contributed by atoms with E-state index in [1.807, 2.05) is 51.1 Å². The summed E-state index contributed by atoms with van der Waals surface area (Å²) in [5, 5.41) is 64.3. The quantitative estimate of drug-likeness (QED) is 0.0307. The van der Waals surface area contributed by atoms with Crippen molar-refractivity contribution in [2.24, 2.45) is 5.41 Å². The molecule has 25 heteroatoms. The van der Waals surface area contributed by atoms with Crippen molar-refractivity contribution in [2.75, 3.05) is 33.4 Å². The van der Waals surface area contributed by atoms with Gasteiger partial charge in [-0.25, -0.2) is 4.39 Å². The summed E-state index contributed by atoms with van der Waals surface area (Å²) in [6, 6.07) is 13.9. The molecule has 4 aromatic carbocycles. The van der Waals surface area contributed by atoms with Crippen LogP contribution >= 0.6 is 0 Å². The Morgan fingerprint density at radius 3 is 1.82 bits per heavy atom. The minimum Gasteiger partial charge on any atom is -0.493 e. The summed E-state index contributed by atoms with van der Waals surface area (Å²) < 4.78 is 21.3. The van der Waals surface area contributed by atoms with Crippen LogP contribution in [0.1, 0.15) is 121 Å². The van der Waals surface area contributed by atoms with Gasteiger partial charge in [0.1, 0.15) is 47.1 Å². The van der Waals surface area contributed by atoms with E-state index >= 15 is 4.39 Å². The summed E-state index contributed by atoms with van der Waals surface area (Å²) in [6.45, 7) is 17.1. The molecule has 0 saturated heterocycles. The van der Waals surface area contributed by atoms with Crippen LogP contribution in [0.4, 0.5) is 4.39 Å². The number of carboxylic acids is 1. The monoisotopic (exact) mass is 1310 g/mol. The number of Topliss-reactive ketones (excluding diaryl/α,β-unsaturated/α-hetero) is 2. The molecule has 0 aliphatic carbocycles. The van der Waals surface area contributed by atoms with Gasteiger partial charge < -0.3 is 73.0 Å². The zero-order chi connectivity index (χ0) is 70.2. The number of carbonyl (C=O) groups excluding carboxylic acids is 9. The molecule has 0 fully saturated rings. The second-order valence-corrected chi connectivity index (χ2v) is 25.3. The number of ketones is 2. The summed E-state index contributed by atoms with van der Waals surface area (Å²) in [4.78, 5) is 136. The average molecular weight is 1310 g/mol. The normalized spacial score (nSPS) is 14.9. The number of halogens is 1. The Labute approximate surface area is 549 Å². The van der Waals surface area contributed by atoms with Gasteiger partial charge in [-0.3, -0.25) is 47.9 Å². The molecule has 0 bridgehead atoms. The van der Waals surface area contributed by atoms with E-state index in [1.165, 1.54) is 32.2 Å². The van der Waals surface area contributed by atoms with E-state index in [-0.39, 0.29) is 29.6 Å². The fourth-order valence-electron chi connectivity index (χ4n) is 10.3. The smallest absolute Gasteiger partial charge is 0.305 e. The topological polar surface area (TPSA) is 369 Å². The number of carboxylic acid groups (broad SMARTS) is 1. The minimum atomic E-state index is -2.27. The van der Waals surface area contributed by atoms with Gasteiger partial charge in [-0.05, 0) is 138 Å². The number of aliphatic hydroxyl groups excluding tert-OH is 3. The molecule has 7 amide bonds. The maximum absolute atomic E-state index is 15.3. The Hall–Kier alpha value is -8.49. The summed E-state index contributed by atoms with van der Waals surface area (Å²) in [5.74, 6) is -10.1. The van der Waals surface area contributed by atoms with Crippen LogP contribution in [-0.2, 0) is 73.6 Å². The number of benzene rings is 4. The lowest BCUT2D eigenvalue weighted by atomic mass is 9.90. The van der Waals surface area contributed by atoms with E-state index in [0.29, 0.717) is 37.9 Å². The number of hydrogen-bond acceptors (Lipinski definition) is 16. The molecular weight excluding hydrogens is 1210 g/mol. The zero-order valence-corrected chi connectivity index (χ0v) is 55.9. The van der Waals surface area contributed by atoms with E-state index < -0.39 is 151 Å². The molecule has 0 aliphatic heterocycles. The molecule has 0 aliphatic rings. The number of aliphatic hydroxyl groups is 3. The Balaban J connectivity index is 1.61. The van der Waals surface area contributed by atoms with Gasteiger partial charge in [0.2, 0.25) is 41.4 Å². The molecule has 10 atom stereocenters. The predicted octanol–water partition coefficient (Wildman–Crippen LogP) is 2.66. The first-order valence-corrected chi connectivity index (χ1v) is 31.6. The number of nitrogens with one attached hydrogen (secondary N) is 9. The van der Waals surface area contributed by atoms with Gasteiger partial charge in [0.25, 0.3) is 0 Å². The fourth-order valence-corrected chi connectivity index (χ4v) is 10.3. The molecule has 13 N–H and O–H groups in total. The molecule has 0 aromatic heterocycles. The van der Waals surface area contributed by atoms with Crippen molar-refractivity contribution in [1.82, 2.24) is 47.9 Å². The molecule has 94 heavy (non-hydrogen) atoms. The lowest BCUT2D eigenvalue weighted by Crippen LogP contribution is -2.67. The number of aryl methyl sites for hydroxylation is 4. The van der Waals surface area contributed by atoms with Gasteiger partial charge >= 0.3 is 5.97 Å². The highest BCUT2D eigenvalue weighted by atomic mass is 19.1. The van der Waals surface area contributed by atoms with Gasteiger partial charge in [-0.15, -0.1) is 0 Å². The number of aliphatic carboxylic acids is 1. The summed E-state index contributed by atoms with van der Waals surface area (Å²) in [6.07, 6.45) is -2.76. The first kappa shape index (κ1) is 78.0. The van der Waals surface area contributed by atoms with E-state index in [9.17, 15) is 68.4 Å². The van der Waals surface area contributed by atoms with E-state index in [0.717, 1.165) is 66.0 Å². The van der Waals surface area contributed by atoms with Crippen LogP contribution in [0.5, 0.6) is 5.75 Å². The summed E-state index contributed by atoms with van der Waals surface area (Å²) in [7, 11) is 1.51. The third-order valence-corrected chi connectivity index (χ3v) is 15.7. The van der Waals surface area contributed by atoms with Gasteiger partial charge in [0.05, 0.1) is 63.1 Å². The third-order valence-electron chi connectivity index (χ3n) is 15.7. The first-order chi connectivity index (χ1) is 44.2. The molecule has 1 unspecified atom stereocenters. The van der Waals surface area contributed by atoms with Crippen molar-refractivity contribution >= 4 is 58.9 Å². The summed E-state index contributed by atoms with van der Waals surface area (Å²) >= 11 is 0. The first-order valence-electron chi connectivity index (χ1n) is 31.6. The highest BCUT2D eigenvalue weighted by molar-refractivity contribution is 6.00. The second-order valence-electron chi connectivity index (χ2n) is 25.3. The van der Waals surface area contributed by atoms with E-state index in [2.05, 4.69) is 86.8 Å². The third kappa shape index (κ3) is 24.8. The minimum absolute atomic E-state index is 0.0607. The molecular formula is C69H96FN9O15. The SMILES string of the molecule is CCC(=O)C(CCCc1cc(C)cc(C)c1)NCC(=O)[C@H](Cc1ccc(-c2ccc(OCC(C)(C)C)cc2CC)cc1)NC(=O)[C@H](CC(=O)O)NC(=O)[C@H](CO)NC(=O)[C@@H](NC(=O)[C@](C)(Cc1ccccc1F)NC(=O)[C@@H](NC(=O)CNC(=O)[C@H](C)NC)[C@@H](C)O)[C@@H](C)O. The van der Waals surface area contributed by atoms with Crippen LogP contribution in [0, 0.1) is 25.1 Å². The predicted molar refractivity (Wildman–Crippen MR) is 351 cm³/mol. The highest BCUT2D eigenvalue weighted by Gasteiger charge is 2.42. The van der Waals surface area contributed by atoms with Crippen LogP contribution in [0.2, 0.25) is 0 Å². The van der Waals surface area contributed by atoms with Crippen LogP contribution in [0.15, 0.2) is 84.9 Å². The standard InChI is InChI=1S/C69H96FN9O15/c1-13-46-32-49(94-38-68(8,9)10)26-27-50(46)47-24-22-44(23-25-47)31-53(57(84)35-72-52(56(83)14-2)21-17-18-45-29-39(3)28-40(4)30-45)74-63(89)54(33-59(86)87)75-64(90)55(37-80)76-65(91)60(42(6)81)78-67(93)69(11,34-48-19-15-16-20-51(48)70)79-66(92)61(43(7)82)77-58(85)36-73-62(88)41(5)71-12/h15-16,19-20,22-30,32,41-43,52-55,60-61,71-72,80-82H,13-14,17-18,21,31,33-38H2,1-12H3,(H,73,88)(H,74,89)(H,75,90)(H,76,91)(H,77,85)(H,78,93)(H,79,92)(H,86,87)/t41-,42+,43+,52?,53-,54-,55-,60-,61-,69-/m0/s1. The molecule has 0 heterocycles. The van der Waals surface area contributed by atoms with Crippen molar-refractivity contribution < 1.29 is 77.5 Å². The number of hydrogen-bond donors (Lipinski definition) is 13. The Morgan fingerprint density at radius 1 is 0.638 bits per heavy atom. The average Bonchev–Trinajstić information content (AvgIpc) is 0.906.